The topological polar surface area (TPSA) is 95.7 Å². The first kappa shape index (κ1) is 19.9. The van der Waals surface area contributed by atoms with Crippen LogP contribution in [0.4, 0.5) is 0 Å². The molecule has 1 aliphatic heterocycles. The molecule has 148 valence electrons. The number of rotatable bonds is 7. The zero-order valence-corrected chi connectivity index (χ0v) is 15.9. The van der Waals surface area contributed by atoms with Crippen molar-refractivity contribution in [3.8, 4) is 16.9 Å². The smallest absolute Gasteiger partial charge is 0.251 e. The van der Waals surface area contributed by atoms with Gasteiger partial charge < -0.3 is 21.1 Å². The van der Waals surface area contributed by atoms with E-state index in [4.69, 9.17) is 5.73 Å². The van der Waals surface area contributed by atoms with Crippen molar-refractivity contribution in [1.82, 2.24) is 10.2 Å². The number of likely N-dealkylation sites (tertiary alicyclic amines) is 1. The highest BCUT2D eigenvalue weighted by Gasteiger charge is 2.23. The summed E-state index contributed by atoms with van der Waals surface area (Å²) in [7, 11) is 0. The summed E-state index contributed by atoms with van der Waals surface area (Å²) in [4.78, 5) is 26.0. The van der Waals surface area contributed by atoms with E-state index in [0.29, 0.717) is 12.1 Å². The van der Waals surface area contributed by atoms with Crippen LogP contribution < -0.4 is 11.1 Å². The second-order valence-electron chi connectivity index (χ2n) is 7.28. The summed E-state index contributed by atoms with van der Waals surface area (Å²) in [6.45, 7) is 3.13. The minimum Gasteiger partial charge on any atom is -0.508 e. The van der Waals surface area contributed by atoms with Crippen molar-refractivity contribution in [2.45, 2.75) is 19.3 Å². The predicted molar refractivity (Wildman–Crippen MR) is 109 cm³/mol. The molecule has 1 saturated heterocycles. The highest BCUT2D eigenvalue weighted by Crippen LogP contribution is 2.22. The average molecular weight is 381 g/mol. The molecule has 3 rings (SSSR count). The normalized spacial score (nSPS) is 17.2. The van der Waals surface area contributed by atoms with E-state index in [1.807, 2.05) is 30.3 Å². The number of hydrogen-bond acceptors (Lipinski definition) is 4. The van der Waals surface area contributed by atoms with Gasteiger partial charge in [-0.25, -0.2) is 0 Å². The van der Waals surface area contributed by atoms with Crippen LogP contribution in [0.3, 0.4) is 0 Å². The lowest BCUT2D eigenvalue weighted by Gasteiger charge is -2.31. The summed E-state index contributed by atoms with van der Waals surface area (Å²) in [6, 6.07) is 14.3. The Hall–Kier alpha value is -2.86. The number of nitrogens with zero attached hydrogens (tertiary/aromatic N) is 1. The average Bonchev–Trinajstić information content (AvgIpc) is 2.72. The van der Waals surface area contributed by atoms with Crippen LogP contribution in [0.1, 0.15) is 29.6 Å². The van der Waals surface area contributed by atoms with E-state index in [-0.39, 0.29) is 23.5 Å². The summed E-state index contributed by atoms with van der Waals surface area (Å²) >= 11 is 0. The standard InChI is InChI=1S/C22H27N3O3/c23-21(27)19-6-2-12-25(15-19)13-3-11-24-22(28)18-5-1-4-17(14-18)16-7-9-20(26)10-8-16/h1,4-5,7-10,14,19,26H,2-3,6,11-13,15H2,(H2,23,27)(H,24,28). The van der Waals surface area contributed by atoms with Crippen molar-refractivity contribution in [3.05, 3.63) is 54.1 Å². The highest BCUT2D eigenvalue weighted by molar-refractivity contribution is 5.95. The molecule has 1 unspecified atom stereocenters. The third kappa shape index (κ3) is 5.33. The van der Waals surface area contributed by atoms with Crippen LogP contribution in [-0.4, -0.2) is 48.0 Å². The zero-order chi connectivity index (χ0) is 19.9. The second kappa shape index (κ2) is 9.37. The molecule has 0 aromatic heterocycles. The monoisotopic (exact) mass is 381 g/mol. The lowest BCUT2D eigenvalue weighted by Crippen LogP contribution is -2.42. The summed E-state index contributed by atoms with van der Waals surface area (Å²) < 4.78 is 0. The van der Waals surface area contributed by atoms with Crippen LogP contribution in [0.2, 0.25) is 0 Å². The Morgan fingerprint density at radius 3 is 2.68 bits per heavy atom. The largest absolute Gasteiger partial charge is 0.508 e. The highest BCUT2D eigenvalue weighted by atomic mass is 16.3. The first-order valence-electron chi connectivity index (χ1n) is 9.72. The molecular weight excluding hydrogens is 354 g/mol. The molecular formula is C22H27N3O3. The van der Waals surface area contributed by atoms with Crippen molar-refractivity contribution < 1.29 is 14.7 Å². The van der Waals surface area contributed by atoms with Gasteiger partial charge in [-0.1, -0.05) is 24.3 Å². The molecule has 0 radical (unpaired) electrons. The van der Waals surface area contributed by atoms with Gasteiger partial charge in [0.1, 0.15) is 5.75 Å². The molecule has 4 N–H and O–H groups in total. The Labute approximate surface area is 165 Å². The van der Waals surface area contributed by atoms with E-state index < -0.39 is 0 Å². The van der Waals surface area contributed by atoms with Gasteiger partial charge in [0.15, 0.2) is 0 Å². The first-order chi connectivity index (χ1) is 13.5. The van der Waals surface area contributed by atoms with Crippen molar-refractivity contribution in [2.24, 2.45) is 11.7 Å². The molecule has 0 spiro atoms. The number of phenolic OH excluding ortho intramolecular Hbond substituents is 1. The zero-order valence-electron chi connectivity index (χ0n) is 15.9. The number of nitrogens with one attached hydrogen (secondary N) is 1. The van der Waals surface area contributed by atoms with Crippen LogP contribution >= 0.6 is 0 Å². The van der Waals surface area contributed by atoms with Crippen LogP contribution in [-0.2, 0) is 4.79 Å². The van der Waals surface area contributed by atoms with Gasteiger partial charge in [0.2, 0.25) is 5.91 Å². The molecule has 0 bridgehead atoms. The summed E-state index contributed by atoms with van der Waals surface area (Å²) in [6.07, 6.45) is 2.69. The number of phenols is 1. The number of hydrogen-bond donors (Lipinski definition) is 3. The molecule has 6 nitrogen and oxygen atoms in total. The van der Waals surface area contributed by atoms with E-state index in [9.17, 15) is 14.7 Å². The van der Waals surface area contributed by atoms with Crippen LogP contribution in [0.15, 0.2) is 48.5 Å². The Balaban J connectivity index is 1.48. The third-order valence-electron chi connectivity index (χ3n) is 5.17. The molecule has 0 aliphatic carbocycles. The van der Waals surface area contributed by atoms with Crippen LogP contribution in [0.25, 0.3) is 11.1 Å². The summed E-state index contributed by atoms with van der Waals surface area (Å²) in [5, 5.41) is 12.4. The van der Waals surface area contributed by atoms with Gasteiger partial charge in [0.05, 0.1) is 5.92 Å². The third-order valence-corrected chi connectivity index (χ3v) is 5.17. The number of nitrogens with two attached hydrogens (primary N) is 1. The van der Waals surface area contributed by atoms with Gasteiger partial charge in [-0.2, -0.15) is 0 Å². The number of carbonyl (C=O) groups excluding carboxylic acids is 2. The second-order valence-corrected chi connectivity index (χ2v) is 7.28. The first-order valence-corrected chi connectivity index (χ1v) is 9.72. The van der Waals surface area contributed by atoms with Gasteiger partial charge in [-0.3, -0.25) is 9.59 Å². The Kier molecular flexibility index (Phi) is 6.66. The fraction of sp³-hybridized carbons (Fsp3) is 0.364. The predicted octanol–water partition coefficient (Wildman–Crippen LogP) is 2.38. The molecule has 1 atom stereocenters. The molecule has 2 aromatic carbocycles. The Morgan fingerprint density at radius 1 is 1.14 bits per heavy atom. The van der Waals surface area contributed by atoms with Crippen LogP contribution in [0, 0.1) is 5.92 Å². The lowest BCUT2D eigenvalue weighted by atomic mass is 9.97. The van der Waals surface area contributed by atoms with Gasteiger partial charge in [0, 0.05) is 18.7 Å². The number of benzene rings is 2. The van der Waals surface area contributed by atoms with Gasteiger partial charge in [-0.05, 0) is 67.7 Å². The number of aromatic hydroxyl groups is 1. The van der Waals surface area contributed by atoms with E-state index in [1.165, 1.54) is 0 Å². The maximum absolute atomic E-state index is 12.4. The van der Waals surface area contributed by atoms with Crippen molar-refractivity contribution in [2.75, 3.05) is 26.2 Å². The molecule has 2 aromatic rings. The van der Waals surface area contributed by atoms with E-state index in [0.717, 1.165) is 50.0 Å². The van der Waals surface area contributed by atoms with E-state index >= 15 is 0 Å². The molecule has 0 saturated carbocycles. The van der Waals surface area contributed by atoms with E-state index in [2.05, 4.69) is 10.2 Å². The maximum atomic E-state index is 12.4. The Bertz CT molecular complexity index is 820. The van der Waals surface area contributed by atoms with Crippen molar-refractivity contribution in [3.63, 3.8) is 0 Å². The SMILES string of the molecule is NC(=O)C1CCCN(CCCNC(=O)c2cccc(-c3ccc(O)cc3)c2)C1. The molecule has 1 aliphatic rings. The quantitative estimate of drug-likeness (QED) is 0.642. The van der Waals surface area contributed by atoms with E-state index in [1.54, 1.807) is 18.2 Å². The maximum Gasteiger partial charge on any atom is 0.251 e. The number of piperidine rings is 1. The molecule has 28 heavy (non-hydrogen) atoms. The van der Waals surface area contributed by atoms with Crippen molar-refractivity contribution in [1.29, 1.82) is 0 Å². The van der Waals surface area contributed by atoms with Crippen molar-refractivity contribution >= 4 is 11.8 Å². The fourth-order valence-corrected chi connectivity index (χ4v) is 3.59. The van der Waals surface area contributed by atoms with Gasteiger partial charge in [0.25, 0.3) is 5.91 Å². The van der Waals surface area contributed by atoms with Crippen LogP contribution in [0.5, 0.6) is 5.75 Å². The lowest BCUT2D eigenvalue weighted by molar-refractivity contribution is -0.123. The van der Waals surface area contributed by atoms with Gasteiger partial charge in [-0.15, -0.1) is 0 Å². The molecule has 1 fully saturated rings. The fourth-order valence-electron chi connectivity index (χ4n) is 3.59. The molecule has 1 heterocycles. The minimum atomic E-state index is -0.216. The molecule has 6 heteroatoms. The Morgan fingerprint density at radius 2 is 1.93 bits per heavy atom. The number of carbonyl (C=O) groups is 2. The summed E-state index contributed by atoms with van der Waals surface area (Å²) in [5.41, 5.74) is 7.90. The van der Waals surface area contributed by atoms with Gasteiger partial charge >= 0.3 is 0 Å². The molecule has 2 amide bonds. The number of primary amides is 1. The minimum absolute atomic E-state index is 0.0500. The summed E-state index contributed by atoms with van der Waals surface area (Å²) in [5.74, 6) is -0.153. The number of amides is 2.